The standard InChI is InChI=1S/C8H9BrN2O/c1-4-7-5(2-10-4)6(9)3-11-8(7)12/h2,6,10H,3H2,1H3,(H,11,12). The smallest absolute Gasteiger partial charge is 0.253 e. The molecule has 1 unspecified atom stereocenters. The number of aryl methyl sites for hydroxylation is 1. The molecule has 12 heavy (non-hydrogen) atoms. The molecule has 1 aromatic rings. The van der Waals surface area contributed by atoms with Crippen LogP contribution in [0.25, 0.3) is 0 Å². The SMILES string of the molecule is Cc1[nH]cc2c1C(=O)NCC2Br. The zero-order chi connectivity index (χ0) is 8.72. The van der Waals surface area contributed by atoms with Gasteiger partial charge in [0.15, 0.2) is 0 Å². The minimum Gasteiger partial charge on any atom is -0.364 e. The Hall–Kier alpha value is -0.770. The first kappa shape index (κ1) is 7.86. The van der Waals surface area contributed by atoms with E-state index in [0.717, 1.165) is 16.8 Å². The quantitative estimate of drug-likeness (QED) is 0.650. The van der Waals surface area contributed by atoms with Crippen LogP contribution < -0.4 is 5.32 Å². The van der Waals surface area contributed by atoms with Gasteiger partial charge >= 0.3 is 0 Å². The van der Waals surface area contributed by atoms with Crippen molar-refractivity contribution in [1.29, 1.82) is 0 Å². The number of amides is 1. The maximum absolute atomic E-state index is 11.4. The van der Waals surface area contributed by atoms with Crippen LogP contribution in [-0.4, -0.2) is 17.4 Å². The lowest BCUT2D eigenvalue weighted by Gasteiger charge is -2.18. The Bertz CT molecular complexity index is 332. The second-order valence-corrected chi connectivity index (χ2v) is 4.03. The predicted molar refractivity (Wildman–Crippen MR) is 49.5 cm³/mol. The van der Waals surface area contributed by atoms with Gasteiger partial charge in [0.2, 0.25) is 0 Å². The van der Waals surface area contributed by atoms with Gasteiger partial charge in [-0.05, 0) is 12.5 Å². The first-order valence-electron chi connectivity index (χ1n) is 3.80. The molecule has 1 aliphatic rings. The minimum absolute atomic E-state index is 0.0273. The summed E-state index contributed by atoms with van der Waals surface area (Å²) in [4.78, 5) is 14.7. The Morgan fingerprint density at radius 1 is 1.67 bits per heavy atom. The van der Waals surface area contributed by atoms with E-state index in [1.54, 1.807) is 0 Å². The Morgan fingerprint density at radius 3 is 3.08 bits per heavy atom. The third-order valence-electron chi connectivity index (χ3n) is 2.11. The van der Waals surface area contributed by atoms with Gasteiger partial charge in [-0.15, -0.1) is 0 Å². The van der Waals surface area contributed by atoms with E-state index in [4.69, 9.17) is 0 Å². The van der Waals surface area contributed by atoms with Gasteiger partial charge < -0.3 is 10.3 Å². The number of alkyl halides is 1. The van der Waals surface area contributed by atoms with Gasteiger partial charge in [0.1, 0.15) is 0 Å². The normalized spacial score (nSPS) is 21.8. The number of hydrogen-bond acceptors (Lipinski definition) is 1. The molecule has 4 heteroatoms. The molecule has 0 aliphatic carbocycles. The summed E-state index contributed by atoms with van der Waals surface area (Å²) < 4.78 is 0. The number of halogens is 1. The molecular formula is C8H9BrN2O. The summed E-state index contributed by atoms with van der Waals surface area (Å²) in [6.45, 7) is 2.58. The lowest BCUT2D eigenvalue weighted by atomic mass is 10.0. The highest BCUT2D eigenvalue weighted by Gasteiger charge is 2.25. The number of carbonyl (C=O) groups is 1. The first-order valence-corrected chi connectivity index (χ1v) is 4.72. The molecule has 0 bridgehead atoms. The van der Waals surface area contributed by atoms with Crippen LogP contribution in [0, 0.1) is 6.92 Å². The summed E-state index contributed by atoms with van der Waals surface area (Å²) in [6.07, 6.45) is 1.89. The Balaban J connectivity index is 2.57. The fraction of sp³-hybridized carbons (Fsp3) is 0.375. The number of rotatable bonds is 0. The summed E-state index contributed by atoms with van der Waals surface area (Å²) in [5.74, 6) is 0.0273. The fourth-order valence-corrected chi connectivity index (χ4v) is 2.00. The van der Waals surface area contributed by atoms with Crippen molar-refractivity contribution in [2.45, 2.75) is 11.8 Å². The predicted octanol–water partition coefficient (Wildman–Crippen LogP) is 1.50. The average Bonchev–Trinajstić information content (AvgIpc) is 2.42. The Labute approximate surface area is 78.7 Å². The molecule has 2 heterocycles. The Morgan fingerprint density at radius 2 is 2.42 bits per heavy atom. The third kappa shape index (κ3) is 0.982. The molecule has 64 valence electrons. The number of nitrogens with one attached hydrogen (secondary N) is 2. The molecule has 0 spiro atoms. The van der Waals surface area contributed by atoms with E-state index in [0.29, 0.717) is 6.54 Å². The molecule has 0 radical (unpaired) electrons. The second-order valence-electron chi connectivity index (χ2n) is 2.92. The summed E-state index contributed by atoms with van der Waals surface area (Å²) in [7, 11) is 0. The van der Waals surface area contributed by atoms with Crippen LogP contribution >= 0.6 is 15.9 Å². The monoisotopic (exact) mass is 228 g/mol. The first-order chi connectivity index (χ1) is 5.70. The molecule has 2 N–H and O–H groups in total. The van der Waals surface area contributed by atoms with E-state index in [2.05, 4.69) is 26.2 Å². The maximum Gasteiger partial charge on any atom is 0.253 e. The van der Waals surface area contributed by atoms with Gasteiger partial charge in [0, 0.05) is 18.4 Å². The van der Waals surface area contributed by atoms with E-state index in [1.807, 2.05) is 13.1 Å². The van der Waals surface area contributed by atoms with Crippen molar-refractivity contribution >= 4 is 21.8 Å². The number of aromatic nitrogens is 1. The van der Waals surface area contributed by atoms with Crippen LogP contribution in [0.2, 0.25) is 0 Å². The number of H-pyrrole nitrogens is 1. The van der Waals surface area contributed by atoms with Crippen molar-refractivity contribution in [3.05, 3.63) is 23.0 Å². The topological polar surface area (TPSA) is 44.9 Å². The maximum atomic E-state index is 11.4. The summed E-state index contributed by atoms with van der Waals surface area (Å²) in [5, 5.41) is 2.81. The molecule has 1 aliphatic heterocycles. The molecule has 0 saturated heterocycles. The van der Waals surface area contributed by atoms with Crippen molar-refractivity contribution < 1.29 is 4.79 Å². The fourth-order valence-electron chi connectivity index (χ4n) is 1.48. The highest BCUT2D eigenvalue weighted by atomic mass is 79.9. The van der Waals surface area contributed by atoms with Crippen LogP contribution in [0.3, 0.4) is 0 Å². The molecule has 1 amide bonds. The number of carbonyl (C=O) groups excluding carboxylic acids is 1. The van der Waals surface area contributed by atoms with Gasteiger partial charge in [-0.1, -0.05) is 15.9 Å². The largest absolute Gasteiger partial charge is 0.364 e. The van der Waals surface area contributed by atoms with Crippen molar-refractivity contribution in [3.8, 4) is 0 Å². The molecular weight excluding hydrogens is 220 g/mol. The van der Waals surface area contributed by atoms with Crippen LogP contribution in [0.1, 0.15) is 26.4 Å². The van der Waals surface area contributed by atoms with Crippen molar-refractivity contribution in [1.82, 2.24) is 10.3 Å². The summed E-state index contributed by atoms with van der Waals surface area (Å²) in [5.41, 5.74) is 2.80. The number of fused-ring (bicyclic) bond motifs is 1. The highest BCUT2D eigenvalue weighted by molar-refractivity contribution is 9.09. The van der Waals surface area contributed by atoms with Gasteiger partial charge in [-0.25, -0.2) is 0 Å². The van der Waals surface area contributed by atoms with E-state index in [-0.39, 0.29) is 10.7 Å². The lowest BCUT2D eigenvalue weighted by Crippen LogP contribution is -2.32. The lowest BCUT2D eigenvalue weighted by molar-refractivity contribution is 0.0945. The molecule has 1 atom stereocenters. The average molecular weight is 229 g/mol. The molecule has 3 nitrogen and oxygen atoms in total. The van der Waals surface area contributed by atoms with Crippen molar-refractivity contribution in [2.24, 2.45) is 0 Å². The van der Waals surface area contributed by atoms with E-state index < -0.39 is 0 Å². The van der Waals surface area contributed by atoms with Gasteiger partial charge in [0.25, 0.3) is 5.91 Å². The van der Waals surface area contributed by atoms with Crippen molar-refractivity contribution in [3.63, 3.8) is 0 Å². The van der Waals surface area contributed by atoms with Crippen LogP contribution in [0.5, 0.6) is 0 Å². The van der Waals surface area contributed by atoms with E-state index in [1.165, 1.54) is 0 Å². The van der Waals surface area contributed by atoms with Gasteiger partial charge in [0.05, 0.1) is 10.4 Å². The zero-order valence-electron chi connectivity index (χ0n) is 6.65. The Kier molecular flexibility index (Phi) is 1.72. The number of hydrogen-bond donors (Lipinski definition) is 2. The summed E-state index contributed by atoms with van der Waals surface area (Å²) >= 11 is 3.49. The summed E-state index contributed by atoms with van der Waals surface area (Å²) in [6, 6.07) is 0. The second kappa shape index (κ2) is 2.62. The molecule has 0 fully saturated rings. The van der Waals surface area contributed by atoms with E-state index >= 15 is 0 Å². The molecule has 2 rings (SSSR count). The van der Waals surface area contributed by atoms with Gasteiger partial charge in [-0.3, -0.25) is 4.79 Å². The molecule has 0 saturated carbocycles. The van der Waals surface area contributed by atoms with Crippen molar-refractivity contribution in [2.75, 3.05) is 6.54 Å². The minimum atomic E-state index is 0.0273. The third-order valence-corrected chi connectivity index (χ3v) is 2.93. The number of aromatic amines is 1. The van der Waals surface area contributed by atoms with Crippen LogP contribution in [0.15, 0.2) is 6.20 Å². The highest BCUT2D eigenvalue weighted by Crippen LogP contribution is 2.30. The molecule has 1 aromatic heterocycles. The zero-order valence-corrected chi connectivity index (χ0v) is 8.23. The molecule has 0 aromatic carbocycles. The van der Waals surface area contributed by atoms with Gasteiger partial charge in [-0.2, -0.15) is 0 Å². The van der Waals surface area contributed by atoms with Crippen LogP contribution in [0.4, 0.5) is 0 Å². The van der Waals surface area contributed by atoms with E-state index in [9.17, 15) is 4.79 Å². The van der Waals surface area contributed by atoms with Crippen LogP contribution in [-0.2, 0) is 0 Å².